The highest BCUT2D eigenvalue weighted by Gasteiger charge is 2.28. The van der Waals surface area contributed by atoms with Gasteiger partial charge < -0.3 is 5.32 Å². The number of aryl methyl sites for hydroxylation is 2. The number of amides is 1. The van der Waals surface area contributed by atoms with Crippen molar-refractivity contribution >= 4 is 23.7 Å². The summed E-state index contributed by atoms with van der Waals surface area (Å²) in [6, 6.07) is 5.83. The monoisotopic (exact) mass is 369 g/mol. The topological polar surface area (TPSA) is 46.9 Å². The molecule has 1 N–H and O–H groups in total. The number of carbonyl (C=O) groups excluding carboxylic acids is 1. The van der Waals surface area contributed by atoms with Crippen LogP contribution in [-0.2, 0) is 11.3 Å². The van der Waals surface area contributed by atoms with Gasteiger partial charge >= 0.3 is 5.51 Å². The fraction of sp³-hybridized carbons (Fsp3) is 0.294. The minimum atomic E-state index is -4.30. The highest BCUT2D eigenvalue weighted by Crippen LogP contribution is 2.36. The zero-order valence-corrected chi connectivity index (χ0v) is 14.4. The van der Waals surface area contributed by atoms with Gasteiger partial charge in [-0.15, -0.1) is 0 Å². The quantitative estimate of drug-likeness (QED) is 0.455. The maximum Gasteiger partial charge on any atom is 0.446 e. The largest absolute Gasteiger partial charge is 0.446 e. The fourth-order valence-electron chi connectivity index (χ4n) is 2.05. The van der Waals surface area contributed by atoms with Crippen LogP contribution in [0.4, 0.5) is 13.2 Å². The lowest BCUT2D eigenvalue weighted by Crippen LogP contribution is -2.23. The predicted molar refractivity (Wildman–Crippen MR) is 92.0 cm³/mol. The standard InChI is InChI=1S/C17H18F3N3OS/c1-13-11-22-23(12-13)10-2-9-21-16(24)8-5-14-3-6-15(7-4-14)25-17(18,19)20/h3-8,11-12H,2,9-10H2,1H3,(H,21,24)/b8-5+. The van der Waals surface area contributed by atoms with Gasteiger partial charge in [-0.05, 0) is 54.4 Å². The molecule has 0 aliphatic heterocycles. The predicted octanol–water partition coefficient (Wildman–Crippen LogP) is 4.02. The Bertz CT molecular complexity index is 723. The average Bonchev–Trinajstić information content (AvgIpc) is 2.95. The second-order valence-electron chi connectivity index (χ2n) is 5.38. The Labute approximate surface area is 148 Å². The Balaban J connectivity index is 1.72. The van der Waals surface area contributed by atoms with Gasteiger partial charge in [-0.3, -0.25) is 9.48 Å². The van der Waals surface area contributed by atoms with Crippen molar-refractivity contribution in [3.05, 3.63) is 53.9 Å². The van der Waals surface area contributed by atoms with E-state index in [9.17, 15) is 18.0 Å². The lowest BCUT2D eigenvalue weighted by molar-refractivity contribution is -0.116. The summed E-state index contributed by atoms with van der Waals surface area (Å²) in [5, 5.41) is 6.91. The molecule has 0 spiro atoms. The number of rotatable bonds is 7. The molecule has 0 saturated heterocycles. The Hall–Kier alpha value is -2.22. The molecular formula is C17H18F3N3OS. The molecule has 1 heterocycles. The van der Waals surface area contributed by atoms with E-state index >= 15 is 0 Å². The van der Waals surface area contributed by atoms with E-state index in [1.54, 1.807) is 12.3 Å². The lowest BCUT2D eigenvalue weighted by Gasteiger charge is -2.05. The zero-order valence-electron chi connectivity index (χ0n) is 13.6. The number of halogens is 3. The van der Waals surface area contributed by atoms with Gasteiger partial charge in [-0.1, -0.05) is 12.1 Å². The summed E-state index contributed by atoms with van der Waals surface area (Å²) in [5.74, 6) is -0.245. The van der Waals surface area contributed by atoms with Crippen LogP contribution in [0.1, 0.15) is 17.5 Å². The van der Waals surface area contributed by atoms with Crippen molar-refractivity contribution in [1.82, 2.24) is 15.1 Å². The number of nitrogens with zero attached hydrogens (tertiary/aromatic N) is 2. The first-order valence-electron chi connectivity index (χ1n) is 7.62. The fourth-order valence-corrected chi connectivity index (χ4v) is 2.59. The number of alkyl halides is 3. The molecule has 0 aliphatic carbocycles. The molecule has 25 heavy (non-hydrogen) atoms. The molecule has 2 aromatic rings. The van der Waals surface area contributed by atoms with E-state index in [2.05, 4.69) is 10.4 Å². The molecule has 0 radical (unpaired) electrons. The summed E-state index contributed by atoms with van der Waals surface area (Å²) in [6.45, 7) is 3.20. The van der Waals surface area contributed by atoms with Crippen molar-refractivity contribution in [2.45, 2.75) is 30.3 Å². The normalized spacial score (nSPS) is 11.8. The Kier molecular flexibility index (Phi) is 6.69. The smallest absolute Gasteiger partial charge is 0.352 e. The first kappa shape index (κ1) is 19.1. The van der Waals surface area contributed by atoms with E-state index < -0.39 is 5.51 Å². The van der Waals surface area contributed by atoms with Crippen LogP contribution in [0.25, 0.3) is 6.08 Å². The first-order valence-corrected chi connectivity index (χ1v) is 8.44. The summed E-state index contributed by atoms with van der Waals surface area (Å²) in [7, 11) is 0. The van der Waals surface area contributed by atoms with E-state index in [1.165, 1.54) is 30.3 Å². The number of thioether (sulfide) groups is 1. The van der Waals surface area contributed by atoms with Gasteiger partial charge in [-0.2, -0.15) is 18.3 Å². The number of hydrogen-bond acceptors (Lipinski definition) is 3. The van der Waals surface area contributed by atoms with Gasteiger partial charge in [-0.25, -0.2) is 0 Å². The van der Waals surface area contributed by atoms with Gasteiger partial charge in [0, 0.05) is 30.3 Å². The number of aromatic nitrogens is 2. The average molecular weight is 369 g/mol. The summed E-state index contributed by atoms with van der Waals surface area (Å²) < 4.78 is 38.5. The van der Waals surface area contributed by atoms with Crippen LogP contribution in [0.3, 0.4) is 0 Å². The van der Waals surface area contributed by atoms with Crippen molar-refractivity contribution in [2.75, 3.05) is 6.54 Å². The Morgan fingerprint density at radius 1 is 1.32 bits per heavy atom. The molecule has 4 nitrogen and oxygen atoms in total. The Morgan fingerprint density at radius 2 is 2.04 bits per heavy atom. The number of benzene rings is 1. The van der Waals surface area contributed by atoms with Crippen LogP contribution in [0, 0.1) is 6.92 Å². The van der Waals surface area contributed by atoms with Crippen LogP contribution in [0.5, 0.6) is 0 Å². The van der Waals surface area contributed by atoms with Crippen molar-refractivity contribution in [2.24, 2.45) is 0 Å². The van der Waals surface area contributed by atoms with Crippen molar-refractivity contribution in [3.63, 3.8) is 0 Å². The molecule has 0 aliphatic rings. The van der Waals surface area contributed by atoms with E-state index in [4.69, 9.17) is 0 Å². The number of nitrogens with one attached hydrogen (secondary N) is 1. The highest BCUT2D eigenvalue weighted by atomic mass is 32.2. The van der Waals surface area contributed by atoms with E-state index in [-0.39, 0.29) is 22.6 Å². The molecule has 0 atom stereocenters. The SMILES string of the molecule is Cc1cnn(CCCNC(=O)/C=C/c2ccc(SC(F)(F)F)cc2)c1. The van der Waals surface area contributed by atoms with E-state index in [0.29, 0.717) is 12.1 Å². The molecule has 1 amide bonds. The van der Waals surface area contributed by atoms with Gasteiger partial charge in [0.1, 0.15) is 0 Å². The van der Waals surface area contributed by atoms with Crippen molar-refractivity contribution in [3.8, 4) is 0 Å². The third kappa shape index (κ3) is 7.47. The molecule has 0 saturated carbocycles. The van der Waals surface area contributed by atoms with Gasteiger partial charge in [0.25, 0.3) is 0 Å². The second kappa shape index (κ2) is 8.75. The molecule has 134 valence electrons. The van der Waals surface area contributed by atoms with Crippen LogP contribution in [-0.4, -0.2) is 27.7 Å². The van der Waals surface area contributed by atoms with Crippen molar-refractivity contribution < 1.29 is 18.0 Å². The van der Waals surface area contributed by atoms with E-state index in [0.717, 1.165) is 18.5 Å². The van der Waals surface area contributed by atoms with Crippen LogP contribution in [0.2, 0.25) is 0 Å². The summed E-state index contributed by atoms with van der Waals surface area (Å²) in [4.78, 5) is 11.8. The molecule has 8 heteroatoms. The lowest BCUT2D eigenvalue weighted by atomic mass is 10.2. The van der Waals surface area contributed by atoms with Crippen molar-refractivity contribution in [1.29, 1.82) is 0 Å². The Morgan fingerprint density at radius 3 is 2.64 bits per heavy atom. The molecular weight excluding hydrogens is 351 g/mol. The van der Waals surface area contributed by atoms with Crippen LogP contribution in [0.15, 0.2) is 47.6 Å². The third-order valence-electron chi connectivity index (χ3n) is 3.17. The molecule has 1 aromatic carbocycles. The van der Waals surface area contributed by atoms with E-state index in [1.807, 2.05) is 17.8 Å². The molecule has 1 aromatic heterocycles. The van der Waals surface area contributed by atoms with Gasteiger partial charge in [0.15, 0.2) is 0 Å². The van der Waals surface area contributed by atoms with Crippen LogP contribution >= 0.6 is 11.8 Å². The molecule has 0 fully saturated rings. The molecule has 2 rings (SSSR count). The van der Waals surface area contributed by atoms with Crippen LogP contribution < -0.4 is 5.32 Å². The summed E-state index contributed by atoms with van der Waals surface area (Å²) >= 11 is -0.163. The van der Waals surface area contributed by atoms with Gasteiger partial charge in [0.2, 0.25) is 5.91 Å². The molecule has 0 unspecified atom stereocenters. The minimum Gasteiger partial charge on any atom is -0.352 e. The second-order valence-corrected chi connectivity index (χ2v) is 6.51. The minimum absolute atomic E-state index is 0.114. The number of carbonyl (C=O) groups is 1. The highest BCUT2D eigenvalue weighted by molar-refractivity contribution is 8.00. The number of hydrogen-bond donors (Lipinski definition) is 1. The zero-order chi connectivity index (χ0) is 18.3. The summed E-state index contributed by atoms with van der Waals surface area (Å²) in [6.07, 6.45) is 7.39. The molecule has 0 bridgehead atoms. The third-order valence-corrected chi connectivity index (χ3v) is 3.91. The maximum absolute atomic E-state index is 12.2. The summed E-state index contributed by atoms with van der Waals surface area (Å²) in [5.41, 5.74) is -2.55. The van der Waals surface area contributed by atoms with Gasteiger partial charge in [0.05, 0.1) is 6.20 Å². The maximum atomic E-state index is 12.2. The first-order chi connectivity index (χ1) is 11.8.